The van der Waals surface area contributed by atoms with E-state index in [9.17, 15) is 13.3 Å². The Hall–Kier alpha value is -0.110. The first-order valence-electron chi connectivity index (χ1n) is 6.57. The van der Waals surface area contributed by atoms with Crippen molar-refractivity contribution < 1.29 is 31.9 Å². The fourth-order valence-electron chi connectivity index (χ4n) is 1.33. The van der Waals surface area contributed by atoms with Crippen LogP contribution in [0.4, 0.5) is 8.78 Å². The molecule has 0 rings (SSSR count). The third-order valence-corrected chi connectivity index (χ3v) is 4.21. The quantitative estimate of drug-likeness (QED) is 0.414. The van der Waals surface area contributed by atoms with Crippen molar-refractivity contribution in [1.82, 2.24) is 0 Å². The van der Waals surface area contributed by atoms with Gasteiger partial charge in [0.2, 0.25) is 0 Å². The van der Waals surface area contributed by atoms with Crippen molar-refractivity contribution in [1.29, 1.82) is 0 Å². The monoisotopic (exact) mass is 319 g/mol. The maximum absolute atomic E-state index is 13.4. The van der Waals surface area contributed by atoms with E-state index in [1.807, 2.05) is 0 Å². The van der Waals surface area contributed by atoms with Crippen LogP contribution in [0.2, 0.25) is 0 Å². The Morgan fingerprint density at radius 1 is 1.10 bits per heavy atom. The summed E-state index contributed by atoms with van der Waals surface area (Å²) in [4.78, 5) is 0. The van der Waals surface area contributed by atoms with Crippen molar-refractivity contribution in [3.8, 4) is 0 Å². The normalized spacial score (nSPS) is 12.8. The Bertz CT molecular complexity index is 284. The van der Waals surface area contributed by atoms with E-state index >= 15 is 0 Å². The Kier molecular flexibility index (Phi) is 10.5. The molecule has 0 aromatic heterocycles. The summed E-state index contributed by atoms with van der Waals surface area (Å²) in [5.74, 6) is 0. The molecule has 0 unspecified atom stereocenters. The van der Waals surface area contributed by atoms with Gasteiger partial charge in [0.15, 0.2) is 0 Å². The van der Waals surface area contributed by atoms with Crippen molar-refractivity contribution in [2.75, 3.05) is 45.7 Å². The first-order valence-corrected chi connectivity index (χ1v) is 8.29. The first-order chi connectivity index (χ1) is 9.39. The van der Waals surface area contributed by atoms with Gasteiger partial charge in [-0.2, -0.15) is 8.78 Å². The van der Waals surface area contributed by atoms with Crippen LogP contribution in [-0.4, -0.2) is 51.8 Å². The zero-order valence-corrected chi connectivity index (χ0v) is 12.9. The van der Waals surface area contributed by atoms with Gasteiger partial charge in [0.05, 0.1) is 45.6 Å². The molecule has 0 aliphatic rings. The molecule has 0 aliphatic heterocycles. The Balaban J connectivity index is 4.07. The van der Waals surface area contributed by atoms with Gasteiger partial charge in [-0.3, -0.25) is 4.57 Å². The van der Waals surface area contributed by atoms with Crippen molar-refractivity contribution in [3.63, 3.8) is 0 Å². The summed E-state index contributed by atoms with van der Waals surface area (Å²) in [5.41, 5.74) is 5.18. The summed E-state index contributed by atoms with van der Waals surface area (Å²) in [6, 6.07) is 0. The van der Waals surface area contributed by atoms with E-state index in [2.05, 4.69) is 4.74 Å². The summed E-state index contributed by atoms with van der Waals surface area (Å²) >= 11 is 0. The highest BCUT2D eigenvalue weighted by Gasteiger charge is 2.35. The topological polar surface area (TPSA) is 80.0 Å². The average molecular weight is 319 g/mol. The highest BCUT2D eigenvalue weighted by Crippen LogP contribution is 2.49. The average Bonchev–Trinajstić information content (AvgIpc) is 2.37. The lowest BCUT2D eigenvalue weighted by Crippen LogP contribution is -2.25. The molecule has 0 spiro atoms. The Labute approximate surface area is 118 Å². The minimum atomic E-state index is -3.47. The molecule has 0 bridgehead atoms. The van der Waals surface area contributed by atoms with Crippen molar-refractivity contribution in [3.05, 3.63) is 0 Å². The summed E-state index contributed by atoms with van der Waals surface area (Å²) in [6.45, 7) is 3.89. The maximum atomic E-state index is 13.4. The summed E-state index contributed by atoms with van der Waals surface area (Å²) in [5, 5.41) is 0. The molecule has 0 aromatic carbocycles. The fourth-order valence-corrected chi connectivity index (χ4v) is 2.99. The van der Waals surface area contributed by atoms with Crippen LogP contribution in [0.15, 0.2) is 0 Å². The fraction of sp³-hybridized carbons (Fsp3) is 1.00. The molecule has 0 aliphatic carbocycles. The lowest BCUT2D eigenvalue weighted by atomic mass is 10.4. The van der Waals surface area contributed by atoms with Gasteiger partial charge in [0.1, 0.15) is 0 Å². The highest BCUT2D eigenvalue weighted by atomic mass is 31.2. The second-order valence-electron chi connectivity index (χ2n) is 3.81. The number of ether oxygens (including phenoxy) is 2. The Morgan fingerprint density at radius 3 is 2.20 bits per heavy atom. The number of rotatable bonds is 13. The van der Waals surface area contributed by atoms with Crippen LogP contribution in [0.3, 0.4) is 0 Å². The molecule has 122 valence electrons. The number of hydrogen-bond acceptors (Lipinski definition) is 6. The largest absolute Gasteiger partial charge is 0.378 e. The van der Waals surface area contributed by atoms with Crippen LogP contribution in [0, 0.1) is 0 Å². The van der Waals surface area contributed by atoms with Crippen molar-refractivity contribution >= 4 is 7.60 Å². The smallest absolute Gasteiger partial charge is 0.356 e. The lowest BCUT2D eigenvalue weighted by molar-refractivity contribution is -0.243. The second kappa shape index (κ2) is 10.6. The Morgan fingerprint density at radius 2 is 1.70 bits per heavy atom. The van der Waals surface area contributed by atoms with Crippen LogP contribution < -0.4 is 5.73 Å². The SMILES string of the molecule is CCOP(=O)(CCC(F)(F)OCCOCCN)OCC. The summed E-state index contributed by atoms with van der Waals surface area (Å²) in [6.07, 6.45) is -4.53. The number of hydrogen-bond donors (Lipinski definition) is 1. The molecule has 0 heterocycles. The third kappa shape index (κ3) is 9.74. The molecule has 6 nitrogen and oxygen atoms in total. The zero-order chi connectivity index (χ0) is 15.5. The van der Waals surface area contributed by atoms with E-state index in [-0.39, 0.29) is 26.4 Å². The minimum Gasteiger partial charge on any atom is -0.378 e. The number of nitrogens with two attached hydrogens (primary N) is 1. The van der Waals surface area contributed by atoms with E-state index in [1.54, 1.807) is 13.8 Å². The zero-order valence-electron chi connectivity index (χ0n) is 12.0. The number of halogens is 2. The van der Waals surface area contributed by atoms with E-state index in [4.69, 9.17) is 19.5 Å². The van der Waals surface area contributed by atoms with Crippen LogP contribution in [0.5, 0.6) is 0 Å². The van der Waals surface area contributed by atoms with Gasteiger partial charge in [0.25, 0.3) is 0 Å². The van der Waals surface area contributed by atoms with E-state index in [0.29, 0.717) is 13.2 Å². The molecule has 0 radical (unpaired) electrons. The highest BCUT2D eigenvalue weighted by molar-refractivity contribution is 7.53. The predicted octanol–water partition coefficient (Wildman–Crippen LogP) is 2.23. The van der Waals surface area contributed by atoms with E-state index in [1.165, 1.54) is 0 Å². The van der Waals surface area contributed by atoms with Gasteiger partial charge >= 0.3 is 13.7 Å². The van der Waals surface area contributed by atoms with Gasteiger partial charge in [-0.25, -0.2) is 0 Å². The number of alkyl halides is 2. The standard InChI is InChI=1S/C11H24F2NO5P/c1-3-18-20(15,19-4-2)10-5-11(12,13)17-9-8-16-7-6-14/h3-10,14H2,1-2H3. The lowest BCUT2D eigenvalue weighted by Gasteiger charge is -2.21. The van der Waals surface area contributed by atoms with Gasteiger partial charge in [0, 0.05) is 6.54 Å². The van der Waals surface area contributed by atoms with Gasteiger partial charge in [-0.05, 0) is 13.8 Å². The molecule has 2 N–H and O–H groups in total. The summed E-state index contributed by atoms with van der Waals surface area (Å²) < 4.78 is 58.0. The molecular weight excluding hydrogens is 295 g/mol. The van der Waals surface area contributed by atoms with Crippen LogP contribution in [-0.2, 0) is 23.1 Å². The molecule has 0 saturated carbocycles. The molecule has 0 aromatic rings. The van der Waals surface area contributed by atoms with E-state index in [0.717, 1.165) is 0 Å². The second-order valence-corrected chi connectivity index (χ2v) is 5.99. The van der Waals surface area contributed by atoms with Gasteiger partial charge in [-0.1, -0.05) is 0 Å². The van der Waals surface area contributed by atoms with E-state index < -0.39 is 26.3 Å². The maximum Gasteiger partial charge on any atom is 0.356 e. The molecule has 0 atom stereocenters. The molecule has 20 heavy (non-hydrogen) atoms. The molecule has 9 heteroatoms. The van der Waals surface area contributed by atoms with Crippen molar-refractivity contribution in [2.45, 2.75) is 26.4 Å². The van der Waals surface area contributed by atoms with Gasteiger partial charge in [-0.15, -0.1) is 0 Å². The van der Waals surface area contributed by atoms with Crippen LogP contribution in [0.1, 0.15) is 20.3 Å². The first kappa shape index (κ1) is 19.9. The molecular formula is C11H24F2NO5P. The molecule has 0 amide bonds. The van der Waals surface area contributed by atoms with Gasteiger partial charge < -0.3 is 24.3 Å². The van der Waals surface area contributed by atoms with Crippen LogP contribution >= 0.6 is 7.60 Å². The molecule has 0 fully saturated rings. The van der Waals surface area contributed by atoms with Crippen LogP contribution in [0.25, 0.3) is 0 Å². The third-order valence-electron chi connectivity index (χ3n) is 2.13. The van der Waals surface area contributed by atoms with Crippen molar-refractivity contribution in [2.24, 2.45) is 5.73 Å². The minimum absolute atomic E-state index is 0.0291. The molecule has 0 saturated heterocycles. The predicted molar refractivity (Wildman–Crippen MR) is 71.1 cm³/mol. The summed E-state index contributed by atoms with van der Waals surface area (Å²) in [7, 11) is -3.47.